The molecule has 0 aliphatic carbocycles. The molecule has 1 aromatic heterocycles. The topological polar surface area (TPSA) is 61.1 Å². The van der Waals surface area contributed by atoms with Crippen molar-refractivity contribution in [2.75, 3.05) is 11.4 Å². The second kappa shape index (κ2) is 7.13. The lowest BCUT2D eigenvalue weighted by Gasteiger charge is -2.41. The molecule has 3 heterocycles. The zero-order chi connectivity index (χ0) is 19.3. The third-order valence-corrected chi connectivity index (χ3v) is 7.14. The van der Waals surface area contributed by atoms with Gasteiger partial charge in [-0.15, -0.1) is 0 Å². The minimum absolute atomic E-state index is 0.277. The predicted octanol–water partition coefficient (Wildman–Crippen LogP) is 5.83. The summed E-state index contributed by atoms with van der Waals surface area (Å²) in [5.41, 5.74) is 5.04. The van der Waals surface area contributed by atoms with Gasteiger partial charge in [0.15, 0.2) is 0 Å². The number of hydrogen-bond donors (Lipinski definition) is 1. The van der Waals surface area contributed by atoms with Gasteiger partial charge in [0.2, 0.25) is 5.13 Å². The first-order chi connectivity index (χ1) is 13.6. The highest BCUT2D eigenvalue weighted by Gasteiger charge is 2.31. The molecule has 7 heteroatoms. The zero-order valence-electron chi connectivity index (χ0n) is 15.4. The first-order valence-corrected chi connectivity index (χ1v) is 11.4. The molecule has 5 nitrogen and oxygen atoms in total. The molecule has 5 rings (SSSR count). The number of aliphatic imine (C=N–C) groups is 2. The molecule has 0 saturated carbocycles. The molecule has 2 aliphatic rings. The van der Waals surface area contributed by atoms with Crippen LogP contribution in [0.15, 0.2) is 34.3 Å². The number of rotatable bonds is 2. The number of anilines is 1. The number of nitrogens with zero attached hydrogens (tertiary/aromatic N) is 4. The second-order valence-corrected chi connectivity index (χ2v) is 9.60. The summed E-state index contributed by atoms with van der Waals surface area (Å²) in [5.74, 6) is 0.277. The van der Waals surface area contributed by atoms with Crippen molar-refractivity contribution in [3.05, 3.63) is 39.0 Å². The Labute approximate surface area is 181 Å². The van der Waals surface area contributed by atoms with Crippen molar-refractivity contribution in [1.82, 2.24) is 4.98 Å². The van der Waals surface area contributed by atoms with Crippen molar-refractivity contribution in [2.24, 2.45) is 9.98 Å². The summed E-state index contributed by atoms with van der Waals surface area (Å²) < 4.78 is 2.27. The molecule has 142 valence electrons. The van der Waals surface area contributed by atoms with E-state index in [1.165, 1.54) is 26.2 Å². The van der Waals surface area contributed by atoms with Gasteiger partial charge in [-0.05, 0) is 85.0 Å². The largest absolute Gasteiger partial charge is 0.505 e. The maximum absolute atomic E-state index is 10.8. The van der Waals surface area contributed by atoms with Crippen LogP contribution < -0.4 is 4.90 Å². The van der Waals surface area contributed by atoms with Crippen molar-refractivity contribution in [1.29, 1.82) is 0 Å². The Morgan fingerprint density at radius 3 is 3.07 bits per heavy atom. The summed E-state index contributed by atoms with van der Waals surface area (Å²) >= 11 is 3.81. The van der Waals surface area contributed by atoms with Crippen LogP contribution in [0.4, 0.5) is 16.5 Å². The van der Waals surface area contributed by atoms with Gasteiger partial charge in [-0.25, -0.2) is 4.98 Å². The van der Waals surface area contributed by atoms with E-state index in [1.807, 2.05) is 18.2 Å². The summed E-state index contributed by atoms with van der Waals surface area (Å²) in [6.07, 6.45) is 4.12. The molecule has 3 aromatic rings. The van der Waals surface area contributed by atoms with Crippen LogP contribution in [0.1, 0.15) is 30.9 Å². The SMILES string of the molecule is CC1CCc2cc(N=C=Nc3nc4ccc(I)cc4s3)c(O)c3c2N1CCC3. The fraction of sp³-hybridized carbons (Fsp3) is 0.333. The molecule has 28 heavy (non-hydrogen) atoms. The zero-order valence-corrected chi connectivity index (χ0v) is 18.4. The summed E-state index contributed by atoms with van der Waals surface area (Å²) in [6, 6.07) is 11.4. The van der Waals surface area contributed by atoms with E-state index in [1.54, 1.807) is 0 Å². The van der Waals surface area contributed by atoms with Crippen LogP contribution in [0.5, 0.6) is 5.75 Å². The second-order valence-electron chi connectivity index (χ2n) is 7.35. The molecular formula is C21H19IN4OS. The lowest BCUT2D eigenvalue weighted by atomic mass is 9.88. The maximum atomic E-state index is 10.8. The van der Waals surface area contributed by atoms with Crippen LogP contribution in [0.25, 0.3) is 10.2 Å². The number of halogens is 1. The molecule has 1 atom stereocenters. The quantitative estimate of drug-likeness (QED) is 0.354. The monoisotopic (exact) mass is 502 g/mol. The molecule has 2 aromatic carbocycles. The molecule has 2 aliphatic heterocycles. The average molecular weight is 502 g/mol. The third-order valence-electron chi connectivity index (χ3n) is 5.56. The van der Waals surface area contributed by atoms with Gasteiger partial charge in [-0.2, -0.15) is 9.98 Å². The Bertz CT molecular complexity index is 1150. The van der Waals surface area contributed by atoms with E-state index >= 15 is 0 Å². The van der Waals surface area contributed by atoms with Gasteiger partial charge in [-0.1, -0.05) is 11.3 Å². The number of phenolic OH excluding ortho intramolecular Hbond substituents is 1. The Balaban J connectivity index is 1.52. The number of thiazole rings is 1. The van der Waals surface area contributed by atoms with Gasteiger partial charge in [0.05, 0.1) is 10.2 Å². The van der Waals surface area contributed by atoms with Gasteiger partial charge >= 0.3 is 0 Å². The van der Waals surface area contributed by atoms with Crippen LogP contribution in [0.3, 0.4) is 0 Å². The highest BCUT2D eigenvalue weighted by atomic mass is 127. The Kier molecular flexibility index (Phi) is 4.61. The van der Waals surface area contributed by atoms with Crippen LogP contribution in [0, 0.1) is 3.57 Å². The van der Waals surface area contributed by atoms with Crippen molar-refractivity contribution < 1.29 is 5.11 Å². The molecule has 0 spiro atoms. The summed E-state index contributed by atoms with van der Waals surface area (Å²) in [6.45, 7) is 3.34. The minimum atomic E-state index is 0.277. The summed E-state index contributed by atoms with van der Waals surface area (Å²) in [5, 5.41) is 11.4. The molecular weight excluding hydrogens is 483 g/mol. The molecule has 0 fully saturated rings. The Morgan fingerprint density at radius 1 is 1.29 bits per heavy atom. The van der Waals surface area contributed by atoms with E-state index in [-0.39, 0.29) is 5.75 Å². The normalized spacial score (nSPS) is 17.9. The van der Waals surface area contributed by atoms with Crippen LogP contribution in [0.2, 0.25) is 0 Å². The van der Waals surface area contributed by atoms with Gasteiger partial charge < -0.3 is 10.0 Å². The van der Waals surface area contributed by atoms with Crippen molar-refractivity contribution in [2.45, 2.75) is 38.6 Å². The highest BCUT2D eigenvalue weighted by Crippen LogP contribution is 2.46. The summed E-state index contributed by atoms with van der Waals surface area (Å²) in [7, 11) is 0. The van der Waals surface area contributed by atoms with Crippen LogP contribution >= 0.6 is 33.9 Å². The lowest BCUT2D eigenvalue weighted by Crippen LogP contribution is -2.41. The number of aryl methyl sites for hydroxylation is 1. The van der Waals surface area contributed by atoms with Crippen molar-refractivity contribution >= 4 is 66.7 Å². The van der Waals surface area contributed by atoms with E-state index in [0.29, 0.717) is 16.9 Å². The van der Waals surface area contributed by atoms with Gasteiger partial charge in [0, 0.05) is 27.4 Å². The minimum Gasteiger partial charge on any atom is -0.505 e. The standard InChI is InChI=1S/C21H19IN4OS/c1-12-4-5-13-9-17(20(27)15-3-2-8-26(12)19(13)15)23-11-24-21-25-16-7-6-14(22)10-18(16)28-21/h6-7,9-10,12,27H,2-5,8H2,1H3. The van der Waals surface area contributed by atoms with E-state index in [2.05, 4.69) is 61.5 Å². The smallest absolute Gasteiger partial charge is 0.220 e. The van der Waals surface area contributed by atoms with Crippen LogP contribution in [-0.2, 0) is 12.8 Å². The maximum Gasteiger partial charge on any atom is 0.220 e. The number of fused-ring (bicyclic) bond motifs is 1. The van der Waals surface area contributed by atoms with Crippen molar-refractivity contribution in [3.63, 3.8) is 0 Å². The fourth-order valence-corrected chi connectivity index (χ4v) is 5.72. The fourth-order valence-electron chi connectivity index (χ4n) is 4.19. The molecule has 1 N–H and O–H groups in total. The van der Waals surface area contributed by atoms with E-state index in [0.717, 1.165) is 48.0 Å². The number of hydrogen-bond acceptors (Lipinski definition) is 6. The summed E-state index contributed by atoms with van der Waals surface area (Å²) in [4.78, 5) is 15.6. The van der Waals surface area contributed by atoms with Crippen LogP contribution in [-0.4, -0.2) is 28.7 Å². The number of phenols is 1. The number of aromatic hydroxyl groups is 1. The Hall–Kier alpha value is -1.96. The number of benzene rings is 2. The molecule has 0 saturated heterocycles. The Morgan fingerprint density at radius 2 is 2.18 bits per heavy atom. The van der Waals surface area contributed by atoms with E-state index in [9.17, 15) is 5.11 Å². The number of aromatic nitrogens is 1. The lowest BCUT2D eigenvalue weighted by molar-refractivity contribution is 0.458. The first-order valence-electron chi connectivity index (χ1n) is 9.47. The van der Waals surface area contributed by atoms with E-state index < -0.39 is 0 Å². The molecule has 0 bridgehead atoms. The first kappa shape index (κ1) is 18.1. The highest BCUT2D eigenvalue weighted by molar-refractivity contribution is 14.1. The van der Waals surface area contributed by atoms with Gasteiger partial charge in [-0.3, -0.25) is 0 Å². The molecule has 1 unspecified atom stereocenters. The molecule has 0 radical (unpaired) electrons. The average Bonchev–Trinajstić information content (AvgIpc) is 3.09. The van der Waals surface area contributed by atoms with Crippen molar-refractivity contribution in [3.8, 4) is 5.75 Å². The molecule has 0 amide bonds. The van der Waals surface area contributed by atoms with Gasteiger partial charge in [0.1, 0.15) is 17.4 Å². The van der Waals surface area contributed by atoms with E-state index in [4.69, 9.17) is 0 Å². The van der Waals surface area contributed by atoms with Gasteiger partial charge in [0.25, 0.3) is 0 Å². The third kappa shape index (κ3) is 3.11. The predicted molar refractivity (Wildman–Crippen MR) is 123 cm³/mol.